The van der Waals surface area contributed by atoms with E-state index in [1.165, 1.54) is 0 Å². The first-order valence-corrected chi connectivity index (χ1v) is 7.39. The van der Waals surface area contributed by atoms with Crippen molar-refractivity contribution in [3.05, 3.63) is 0 Å². The van der Waals surface area contributed by atoms with Gasteiger partial charge < -0.3 is 0 Å². The molecule has 0 heterocycles. The van der Waals surface area contributed by atoms with Crippen LogP contribution in [0.1, 0.15) is 39.5 Å². The summed E-state index contributed by atoms with van der Waals surface area (Å²) in [4.78, 5) is 9.66. The van der Waals surface area contributed by atoms with Crippen LogP contribution in [0.5, 0.6) is 0 Å². The molecule has 0 aliphatic carbocycles. The average Bonchev–Trinajstić information content (AvgIpc) is 2.05. The molecule has 82 valence electrons. The minimum absolute atomic E-state index is 0.613. The second kappa shape index (κ2) is 7.69. The SMILES string of the molecule is CCCCO[PH](C)(O)OCCCC. The van der Waals surface area contributed by atoms with Crippen molar-refractivity contribution >= 4 is 7.94 Å². The van der Waals surface area contributed by atoms with Crippen molar-refractivity contribution in [1.82, 2.24) is 0 Å². The van der Waals surface area contributed by atoms with E-state index >= 15 is 0 Å². The van der Waals surface area contributed by atoms with Gasteiger partial charge >= 0.3 is 81.3 Å². The second-order valence-electron chi connectivity index (χ2n) is 3.30. The van der Waals surface area contributed by atoms with E-state index in [0.29, 0.717) is 13.2 Å². The van der Waals surface area contributed by atoms with E-state index in [1.54, 1.807) is 6.66 Å². The zero-order valence-electron chi connectivity index (χ0n) is 9.01. The maximum absolute atomic E-state index is 9.66. The van der Waals surface area contributed by atoms with E-state index in [2.05, 4.69) is 13.8 Å². The first-order valence-electron chi connectivity index (χ1n) is 5.12. The molecule has 1 N–H and O–H groups in total. The molecule has 0 fully saturated rings. The fourth-order valence-electron chi connectivity index (χ4n) is 0.853. The Kier molecular flexibility index (Phi) is 7.87. The summed E-state index contributed by atoms with van der Waals surface area (Å²) in [5, 5.41) is 0. The number of rotatable bonds is 8. The van der Waals surface area contributed by atoms with Crippen molar-refractivity contribution in [2.45, 2.75) is 39.5 Å². The van der Waals surface area contributed by atoms with Gasteiger partial charge in [0.25, 0.3) is 0 Å². The Morgan fingerprint density at radius 2 is 1.38 bits per heavy atom. The summed E-state index contributed by atoms with van der Waals surface area (Å²) < 4.78 is 10.6. The summed E-state index contributed by atoms with van der Waals surface area (Å²) in [5.41, 5.74) is 0. The molecule has 0 aliphatic rings. The predicted molar refractivity (Wildman–Crippen MR) is 58.2 cm³/mol. The summed E-state index contributed by atoms with van der Waals surface area (Å²) in [6.07, 6.45) is 4.14. The molecule has 0 saturated carbocycles. The van der Waals surface area contributed by atoms with E-state index in [1.807, 2.05) is 0 Å². The van der Waals surface area contributed by atoms with Crippen molar-refractivity contribution < 1.29 is 13.9 Å². The van der Waals surface area contributed by atoms with Gasteiger partial charge in [0.05, 0.1) is 0 Å². The van der Waals surface area contributed by atoms with Crippen molar-refractivity contribution in [2.75, 3.05) is 19.9 Å². The third kappa shape index (κ3) is 8.63. The monoisotopic (exact) mass is 210 g/mol. The van der Waals surface area contributed by atoms with Crippen LogP contribution in [0.2, 0.25) is 0 Å². The molecule has 0 bridgehead atoms. The summed E-state index contributed by atoms with van der Waals surface area (Å²) in [6.45, 7) is 7.09. The predicted octanol–water partition coefficient (Wildman–Crippen LogP) is 2.74. The van der Waals surface area contributed by atoms with Gasteiger partial charge in [-0.2, -0.15) is 0 Å². The Bertz CT molecular complexity index is 105. The second-order valence-corrected chi connectivity index (χ2v) is 5.67. The van der Waals surface area contributed by atoms with Crippen molar-refractivity contribution in [3.8, 4) is 0 Å². The Labute approximate surface area is 82.0 Å². The summed E-state index contributed by atoms with van der Waals surface area (Å²) >= 11 is 0. The third-order valence-electron chi connectivity index (χ3n) is 1.74. The molecule has 0 amide bonds. The van der Waals surface area contributed by atoms with Crippen LogP contribution in [-0.2, 0) is 9.05 Å². The van der Waals surface area contributed by atoms with Crippen LogP contribution in [0, 0.1) is 0 Å². The van der Waals surface area contributed by atoms with Gasteiger partial charge in [-0.05, 0) is 0 Å². The molecule has 0 aromatic heterocycles. The molecule has 0 spiro atoms. The first-order chi connectivity index (χ1) is 6.12. The molecule has 3 nitrogen and oxygen atoms in total. The zero-order valence-corrected chi connectivity index (χ0v) is 10.0. The minimum atomic E-state index is -2.78. The number of hydrogen-bond acceptors (Lipinski definition) is 3. The van der Waals surface area contributed by atoms with Gasteiger partial charge in [-0.1, -0.05) is 0 Å². The van der Waals surface area contributed by atoms with Crippen LogP contribution in [0.25, 0.3) is 0 Å². The first kappa shape index (κ1) is 13.3. The summed E-state index contributed by atoms with van der Waals surface area (Å²) in [7, 11) is -2.78. The quantitative estimate of drug-likeness (QED) is 0.494. The van der Waals surface area contributed by atoms with Crippen LogP contribution in [-0.4, -0.2) is 24.8 Å². The Hall–Kier alpha value is 0.310. The van der Waals surface area contributed by atoms with E-state index < -0.39 is 7.94 Å². The molecular weight excluding hydrogens is 187 g/mol. The molecule has 0 aromatic carbocycles. The molecule has 0 atom stereocenters. The van der Waals surface area contributed by atoms with Gasteiger partial charge in [0, 0.05) is 0 Å². The Balaban J connectivity index is 3.42. The van der Waals surface area contributed by atoms with E-state index in [-0.39, 0.29) is 0 Å². The van der Waals surface area contributed by atoms with Gasteiger partial charge in [-0.3, -0.25) is 0 Å². The van der Waals surface area contributed by atoms with Crippen LogP contribution >= 0.6 is 7.94 Å². The molecule has 13 heavy (non-hydrogen) atoms. The zero-order chi connectivity index (χ0) is 10.2. The average molecular weight is 210 g/mol. The van der Waals surface area contributed by atoms with Gasteiger partial charge in [-0.25, -0.2) is 0 Å². The van der Waals surface area contributed by atoms with Crippen LogP contribution in [0.4, 0.5) is 0 Å². The van der Waals surface area contributed by atoms with Crippen molar-refractivity contribution in [3.63, 3.8) is 0 Å². The Morgan fingerprint density at radius 3 is 1.69 bits per heavy atom. The van der Waals surface area contributed by atoms with Crippen molar-refractivity contribution in [1.29, 1.82) is 0 Å². The number of hydrogen-bond donors (Lipinski definition) is 1. The normalized spacial score (nSPS) is 13.2. The molecule has 0 aromatic rings. The fourth-order valence-corrected chi connectivity index (χ4v) is 1.98. The standard InChI is InChI=1S/C9H23O3P/c1-4-6-8-11-13(3,10)12-9-7-5-2/h10,13H,4-9H2,1-3H3. The summed E-state index contributed by atoms with van der Waals surface area (Å²) in [5.74, 6) is 0. The van der Waals surface area contributed by atoms with Crippen LogP contribution < -0.4 is 0 Å². The van der Waals surface area contributed by atoms with Gasteiger partial charge in [0.15, 0.2) is 0 Å². The molecular formula is C9H23O3P. The Morgan fingerprint density at radius 1 is 1.00 bits per heavy atom. The fraction of sp³-hybridized carbons (Fsp3) is 1.00. The molecule has 0 rings (SSSR count). The third-order valence-corrected chi connectivity index (χ3v) is 3.22. The van der Waals surface area contributed by atoms with Crippen molar-refractivity contribution in [2.24, 2.45) is 0 Å². The van der Waals surface area contributed by atoms with Crippen LogP contribution in [0.3, 0.4) is 0 Å². The van der Waals surface area contributed by atoms with E-state index in [4.69, 9.17) is 9.05 Å². The molecule has 0 saturated heterocycles. The molecule has 0 radical (unpaired) electrons. The van der Waals surface area contributed by atoms with Gasteiger partial charge in [-0.15, -0.1) is 0 Å². The maximum atomic E-state index is 9.66. The number of unbranched alkanes of at least 4 members (excludes halogenated alkanes) is 2. The van der Waals surface area contributed by atoms with Gasteiger partial charge in [0.2, 0.25) is 0 Å². The molecule has 0 aliphatic heterocycles. The summed E-state index contributed by atoms with van der Waals surface area (Å²) in [6, 6.07) is 0. The van der Waals surface area contributed by atoms with E-state index in [9.17, 15) is 4.89 Å². The molecule has 4 heteroatoms. The van der Waals surface area contributed by atoms with E-state index in [0.717, 1.165) is 25.7 Å². The topological polar surface area (TPSA) is 38.7 Å². The molecule has 0 unspecified atom stereocenters. The van der Waals surface area contributed by atoms with Crippen LogP contribution in [0.15, 0.2) is 0 Å². The van der Waals surface area contributed by atoms with Gasteiger partial charge in [0.1, 0.15) is 0 Å².